The third-order valence-electron chi connectivity index (χ3n) is 2.96. The molecule has 1 fully saturated rings. The molecule has 0 saturated carbocycles. The average Bonchev–Trinajstić information content (AvgIpc) is 2.27. The SMILES string of the molecule is CC(C)C[C@@H](N)C(=O)N1CCOCC1CC(=O)O. The monoisotopic (exact) mass is 258 g/mol. The van der Waals surface area contributed by atoms with Gasteiger partial charge < -0.3 is 20.5 Å². The lowest BCUT2D eigenvalue weighted by Gasteiger charge is -2.36. The smallest absolute Gasteiger partial charge is 0.305 e. The summed E-state index contributed by atoms with van der Waals surface area (Å²) in [4.78, 5) is 24.5. The molecule has 104 valence electrons. The van der Waals surface area contributed by atoms with E-state index in [0.29, 0.717) is 25.5 Å². The van der Waals surface area contributed by atoms with Crippen LogP contribution in [-0.2, 0) is 14.3 Å². The van der Waals surface area contributed by atoms with Crippen molar-refractivity contribution in [3.63, 3.8) is 0 Å². The number of amides is 1. The van der Waals surface area contributed by atoms with Crippen molar-refractivity contribution in [2.45, 2.75) is 38.8 Å². The van der Waals surface area contributed by atoms with Crippen molar-refractivity contribution in [1.82, 2.24) is 4.90 Å². The summed E-state index contributed by atoms with van der Waals surface area (Å²) in [5.74, 6) is -0.762. The highest BCUT2D eigenvalue weighted by atomic mass is 16.5. The molecule has 1 saturated heterocycles. The highest BCUT2D eigenvalue weighted by Gasteiger charge is 2.31. The second kappa shape index (κ2) is 6.70. The van der Waals surface area contributed by atoms with E-state index in [2.05, 4.69) is 0 Å². The van der Waals surface area contributed by atoms with Crippen LogP contribution in [0, 0.1) is 5.92 Å². The van der Waals surface area contributed by atoms with Crippen LogP contribution in [0.15, 0.2) is 0 Å². The number of carboxylic acids is 1. The second-order valence-corrected chi connectivity index (χ2v) is 5.09. The van der Waals surface area contributed by atoms with Gasteiger partial charge in [-0.3, -0.25) is 9.59 Å². The van der Waals surface area contributed by atoms with E-state index in [-0.39, 0.29) is 18.9 Å². The minimum absolute atomic E-state index is 0.0971. The number of aliphatic carboxylic acids is 1. The van der Waals surface area contributed by atoms with E-state index in [0.717, 1.165) is 0 Å². The van der Waals surface area contributed by atoms with Gasteiger partial charge in [0.1, 0.15) is 0 Å². The summed E-state index contributed by atoms with van der Waals surface area (Å²) in [5, 5.41) is 8.82. The number of carbonyl (C=O) groups excluding carboxylic acids is 1. The normalized spacial score (nSPS) is 22.0. The first-order chi connectivity index (χ1) is 8.41. The van der Waals surface area contributed by atoms with Gasteiger partial charge in [0.15, 0.2) is 0 Å². The maximum Gasteiger partial charge on any atom is 0.305 e. The molecule has 1 heterocycles. The largest absolute Gasteiger partial charge is 0.481 e. The fraction of sp³-hybridized carbons (Fsp3) is 0.833. The van der Waals surface area contributed by atoms with E-state index in [9.17, 15) is 9.59 Å². The zero-order valence-corrected chi connectivity index (χ0v) is 11.0. The Morgan fingerprint density at radius 3 is 2.72 bits per heavy atom. The van der Waals surface area contributed by atoms with Gasteiger partial charge in [0, 0.05) is 6.54 Å². The van der Waals surface area contributed by atoms with E-state index in [1.807, 2.05) is 13.8 Å². The molecule has 1 rings (SSSR count). The summed E-state index contributed by atoms with van der Waals surface area (Å²) in [6.45, 7) is 5.13. The van der Waals surface area contributed by atoms with Gasteiger partial charge in [-0.1, -0.05) is 13.8 Å². The Balaban J connectivity index is 2.64. The van der Waals surface area contributed by atoms with Crippen LogP contribution < -0.4 is 5.73 Å². The van der Waals surface area contributed by atoms with Crippen LogP contribution >= 0.6 is 0 Å². The lowest BCUT2D eigenvalue weighted by Crippen LogP contribution is -2.54. The van der Waals surface area contributed by atoms with Crippen molar-refractivity contribution in [2.75, 3.05) is 19.8 Å². The molecule has 18 heavy (non-hydrogen) atoms. The minimum atomic E-state index is -0.930. The molecule has 6 heteroatoms. The molecular formula is C12H22N2O4. The van der Waals surface area contributed by atoms with Crippen LogP contribution in [0.2, 0.25) is 0 Å². The maximum absolute atomic E-state index is 12.2. The van der Waals surface area contributed by atoms with E-state index in [1.165, 1.54) is 0 Å². The molecule has 0 aromatic rings. The van der Waals surface area contributed by atoms with Gasteiger partial charge in [0.25, 0.3) is 0 Å². The Kier molecular flexibility index (Phi) is 5.55. The number of hydrogen-bond donors (Lipinski definition) is 2. The van der Waals surface area contributed by atoms with Gasteiger partial charge >= 0.3 is 5.97 Å². The molecule has 1 unspecified atom stereocenters. The third kappa shape index (κ3) is 4.27. The first kappa shape index (κ1) is 14.9. The highest BCUT2D eigenvalue weighted by Crippen LogP contribution is 2.14. The summed E-state index contributed by atoms with van der Waals surface area (Å²) in [7, 11) is 0. The fourth-order valence-corrected chi connectivity index (χ4v) is 2.14. The molecule has 0 radical (unpaired) electrons. The van der Waals surface area contributed by atoms with E-state index >= 15 is 0 Å². The molecule has 6 nitrogen and oxygen atoms in total. The zero-order valence-electron chi connectivity index (χ0n) is 11.0. The number of morpholine rings is 1. The average molecular weight is 258 g/mol. The molecule has 1 aliphatic rings. The van der Waals surface area contributed by atoms with Crippen LogP contribution in [0.4, 0.5) is 0 Å². The number of carbonyl (C=O) groups is 2. The molecule has 2 atom stereocenters. The van der Waals surface area contributed by atoms with Crippen molar-refractivity contribution in [1.29, 1.82) is 0 Å². The molecule has 0 aliphatic carbocycles. The predicted molar refractivity (Wildman–Crippen MR) is 66.0 cm³/mol. The van der Waals surface area contributed by atoms with Gasteiger partial charge in [-0.25, -0.2) is 0 Å². The van der Waals surface area contributed by atoms with E-state index in [1.54, 1.807) is 4.90 Å². The number of carboxylic acid groups (broad SMARTS) is 1. The Bertz CT molecular complexity index is 306. The van der Waals surface area contributed by atoms with Crippen molar-refractivity contribution in [3.05, 3.63) is 0 Å². The number of nitrogens with two attached hydrogens (primary N) is 1. The van der Waals surface area contributed by atoms with Crippen LogP contribution in [0.25, 0.3) is 0 Å². The zero-order chi connectivity index (χ0) is 13.7. The molecule has 0 bridgehead atoms. The first-order valence-electron chi connectivity index (χ1n) is 6.27. The third-order valence-corrected chi connectivity index (χ3v) is 2.96. The lowest BCUT2D eigenvalue weighted by atomic mass is 10.0. The quantitative estimate of drug-likeness (QED) is 0.727. The maximum atomic E-state index is 12.2. The Hall–Kier alpha value is -1.14. The summed E-state index contributed by atoms with van der Waals surface area (Å²) in [5.41, 5.74) is 5.86. The van der Waals surface area contributed by atoms with Gasteiger partial charge in [-0.2, -0.15) is 0 Å². The van der Waals surface area contributed by atoms with Gasteiger partial charge in [-0.05, 0) is 12.3 Å². The number of hydrogen-bond acceptors (Lipinski definition) is 4. The Morgan fingerprint density at radius 1 is 1.50 bits per heavy atom. The Morgan fingerprint density at radius 2 is 2.17 bits per heavy atom. The number of ether oxygens (including phenoxy) is 1. The molecule has 0 aromatic heterocycles. The highest BCUT2D eigenvalue weighted by molar-refractivity contribution is 5.82. The number of nitrogens with zero attached hydrogens (tertiary/aromatic N) is 1. The fourth-order valence-electron chi connectivity index (χ4n) is 2.14. The van der Waals surface area contributed by atoms with Gasteiger partial charge in [0.2, 0.25) is 5.91 Å². The topological polar surface area (TPSA) is 92.9 Å². The van der Waals surface area contributed by atoms with Crippen LogP contribution in [-0.4, -0.2) is 53.7 Å². The van der Waals surface area contributed by atoms with Crippen molar-refractivity contribution in [3.8, 4) is 0 Å². The van der Waals surface area contributed by atoms with E-state index in [4.69, 9.17) is 15.6 Å². The van der Waals surface area contributed by atoms with Crippen molar-refractivity contribution in [2.24, 2.45) is 11.7 Å². The van der Waals surface area contributed by atoms with Gasteiger partial charge in [-0.15, -0.1) is 0 Å². The molecule has 0 spiro atoms. The predicted octanol–water partition coefficient (Wildman–Crippen LogP) is 0.0619. The summed E-state index contributed by atoms with van der Waals surface area (Å²) in [6.07, 6.45) is 0.510. The van der Waals surface area contributed by atoms with Crippen molar-refractivity contribution >= 4 is 11.9 Å². The van der Waals surface area contributed by atoms with Gasteiger partial charge in [0.05, 0.1) is 31.7 Å². The summed E-state index contributed by atoms with van der Waals surface area (Å²) < 4.78 is 5.23. The lowest BCUT2D eigenvalue weighted by molar-refractivity contribution is -0.147. The molecule has 3 N–H and O–H groups in total. The molecule has 1 amide bonds. The molecule has 1 aliphatic heterocycles. The van der Waals surface area contributed by atoms with E-state index < -0.39 is 18.1 Å². The summed E-state index contributed by atoms with van der Waals surface area (Å²) in [6, 6.07) is -0.957. The van der Waals surface area contributed by atoms with Crippen molar-refractivity contribution < 1.29 is 19.4 Å². The second-order valence-electron chi connectivity index (χ2n) is 5.09. The standard InChI is InChI=1S/C12H22N2O4/c1-8(2)5-10(13)12(17)14-3-4-18-7-9(14)6-11(15)16/h8-10H,3-7,13H2,1-2H3,(H,15,16)/t9?,10-/m1/s1. The molecular weight excluding hydrogens is 236 g/mol. The Labute approximate surface area is 107 Å². The van der Waals surface area contributed by atoms with Crippen LogP contribution in [0.5, 0.6) is 0 Å². The molecule has 0 aromatic carbocycles. The number of rotatable bonds is 5. The first-order valence-corrected chi connectivity index (χ1v) is 6.27. The minimum Gasteiger partial charge on any atom is -0.481 e. The van der Waals surface area contributed by atoms with Crippen LogP contribution in [0.3, 0.4) is 0 Å². The van der Waals surface area contributed by atoms with Crippen LogP contribution in [0.1, 0.15) is 26.7 Å². The summed E-state index contributed by atoms with van der Waals surface area (Å²) >= 11 is 0.